The van der Waals surface area contributed by atoms with Crippen LogP contribution in [0.3, 0.4) is 0 Å². The average molecular weight is 363 g/mol. The van der Waals surface area contributed by atoms with E-state index >= 15 is 0 Å². The second kappa shape index (κ2) is 8.15. The van der Waals surface area contributed by atoms with Crippen LogP contribution in [0.15, 0.2) is 42.5 Å². The number of nitrogens with zero attached hydrogens (tertiary/aromatic N) is 1. The summed E-state index contributed by atoms with van der Waals surface area (Å²) in [5.74, 6) is 0.292. The van der Waals surface area contributed by atoms with Crippen molar-refractivity contribution in [1.29, 1.82) is 0 Å². The molecule has 1 aromatic rings. The maximum Gasteiger partial charge on any atom is 0.328 e. The van der Waals surface area contributed by atoms with Gasteiger partial charge in [0.2, 0.25) is 0 Å². The fourth-order valence-corrected chi connectivity index (χ4v) is 4.63. The zero-order chi connectivity index (χ0) is 17.7. The van der Waals surface area contributed by atoms with Crippen molar-refractivity contribution in [2.45, 2.75) is 25.3 Å². The Kier molecular flexibility index (Phi) is 5.91. The number of esters is 1. The summed E-state index contributed by atoms with van der Waals surface area (Å²) in [4.78, 5) is 14.7. The molecule has 2 unspecified atom stereocenters. The highest BCUT2D eigenvalue weighted by molar-refractivity contribution is 7.91. The van der Waals surface area contributed by atoms with Gasteiger partial charge in [0.1, 0.15) is 6.04 Å². The van der Waals surface area contributed by atoms with Crippen LogP contribution in [-0.4, -0.2) is 50.5 Å². The van der Waals surface area contributed by atoms with Crippen molar-refractivity contribution in [1.82, 2.24) is 4.90 Å². The first-order valence-corrected chi connectivity index (χ1v) is 10.7. The van der Waals surface area contributed by atoms with Crippen LogP contribution in [0.4, 0.5) is 0 Å². The van der Waals surface area contributed by atoms with Gasteiger partial charge in [0.25, 0.3) is 0 Å². The van der Waals surface area contributed by atoms with Crippen LogP contribution >= 0.6 is 0 Å². The quantitative estimate of drug-likeness (QED) is 0.594. The van der Waals surface area contributed by atoms with Crippen LogP contribution in [0.25, 0.3) is 0 Å². The predicted octanol–water partition coefficient (Wildman–Crippen LogP) is 2.36. The molecule has 0 amide bonds. The van der Waals surface area contributed by atoms with Crippen LogP contribution in [0.1, 0.15) is 30.9 Å². The SMILES string of the molecule is O=C(OCC1CC=CCC1)C(c1ccccc1)N1CCS(=O)(=O)CC1. The molecule has 0 radical (unpaired) electrons. The van der Waals surface area contributed by atoms with Gasteiger partial charge in [0, 0.05) is 13.1 Å². The molecule has 0 bridgehead atoms. The molecule has 1 aliphatic carbocycles. The van der Waals surface area contributed by atoms with Gasteiger partial charge in [-0.1, -0.05) is 42.5 Å². The number of carbonyl (C=O) groups excluding carboxylic acids is 1. The molecule has 3 rings (SSSR count). The summed E-state index contributed by atoms with van der Waals surface area (Å²) in [6.07, 6.45) is 7.34. The van der Waals surface area contributed by atoms with Gasteiger partial charge in [0.15, 0.2) is 9.84 Å². The number of rotatable bonds is 5. The molecule has 0 saturated carbocycles. The number of hydrogen-bond donors (Lipinski definition) is 0. The lowest BCUT2D eigenvalue weighted by Gasteiger charge is -2.33. The maximum absolute atomic E-state index is 12.8. The van der Waals surface area contributed by atoms with Gasteiger partial charge in [0.05, 0.1) is 18.1 Å². The van der Waals surface area contributed by atoms with E-state index in [1.54, 1.807) is 0 Å². The third-order valence-corrected chi connectivity index (χ3v) is 6.53. The van der Waals surface area contributed by atoms with Gasteiger partial charge in [-0.05, 0) is 30.7 Å². The summed E-state index contributed by atoms with van der Waals surface area (Å²) in [5.41, 5.74) is 0.857. The molecular weight excluding hydrogens is 338 g/mol. The molecule has 6 heteroatoms. The number of benzene rings is 1. The van der Waals surface area contributed by atoms with Gasteiger partial charge in [-0.2, -0.15) is 0 Å². The average Bonchev–Trinajstić information content (AvgIpc) is 2.63. The van der Waals surface area contributed by atoms with Crippen molar-refractivity contribution in [3.8, 4) is 0 Å². The lowest BCUT2D eigenvalue weighted by atomic mass is 9.95. The van der Waals surface area contributed by atoms with E-state index in [4.69, 9.17) is 4.74 Å². The van der Waals surface area contributed by atoms with Crippen molar-refractivity contribution >= 4 is 15.8 Å². The Morgan fingerprint density at radius 3 is 2.52 bits per heavy atom. The first-order valence-electron chi connectivity index (χ1n) is 8.86. The molecule has 1 saturated heterocycles. The zero-order valence-electron chi connectivity index (χ0n) is 14.3. The van der Waals surface area contributed by atoms with E-state index in [1.807, 2.05) is 35.2 Å². The maximum atomic E-state index is 12.8. The number of ether oxygens (including phenoxy) is 1. The predicted molar refractivity (Wildman–Crippen MR) is 96.8 cm³/mol. The summed E-state index contributed by atoms with van der Waals surface area (Å²) in [6.45, 7) is 1.16. The van der Waals surface area contributed by atoms with Crippen molar-refractivity contribution < 1.29 is 17.9 Å². The highest BCUT2D eigenvalue weighted by Crippen LogP contribution is 2.26. The largest absolute Gasteiger partial charge is 0.464 e. The van der Waals surface area contributed by atoms with Gasteiger partial charge >= 0.3 is 5.97 Å². The van der Waals surface area contributed by atoms with E-state index in [1.165, 1.54) is 0 Å². The molecule has 0 N–H and O–H groups in total. The molecule has 1 aliphatic heterocycles. The van der Waals surface area contributed by atoms with Crippen LogP contribution in [-0.2, 0) is 19.4 Å². The normalized spacial score (nSPS) is 24.6. The molecular formula is C19H25NO4S. The van der Waals surface area contributed by atoms with Gasteiger partial charge in [-0.25, -0.2) is 13.2 Å². The Morgan fingerprint density at radius 1 is 1.16 bits per heavy atom. The number of carbonyl (C=O) groups is 1. The minimum absolute atomic E-state index is 0.0943. The molecule has 0 spiro atoms. The summed E-state index contributed by atoms with van der Waals surface area (Å²) in [6, 6.07) is 8.96. The lowest BCUT2D eigenvalue weighted by Crippen LogP contribution is -2.45. The lowest BCUT2D eigenvalue weighted by molar-refractivity contribution is -0.151. The van der Waals surface area contributed by atoms with E-state index < -0.39 is 15.9 Å². The van der Waals surface area contributed by atoms with E-state index in [2.05, 4.69) is 12.2 Å². The smallest absolute Gasteiger partial charge is 0.328 e. The van der Waals surface area contributed by atoms with Gasteiger partial charge in [-0.15, -0.1) is 0 Å². The Morgan fingerprint density at radius 2 is 1.88 bits per heavy atom. The molecule has 136 valence electrons. The monoisotopic (exact) mass is 363 g/mol. The minimum atomic E-state index is -2.99. The topological polar surface area (TPSA) is 63.7 Å². The van der Waals surface area contributed by atoms with Gasteiger partial charge in [-0.3, -0.25) is 4.90 Å². The molecule has 5 nitrogen and oxygen atoms in total. The van der Waals surface area contributed by atoms with Gasteiger partial charge < -0.3 is 4.74 Å². The Balaban J connectivity index is 1.70. The first-order chi connectivity index (χ1) is 12.1. The molecule has 0 aromatic heterocycles. The van der Waals surface area contributed by atoms with E-state index in [9.17, 15) is 13.2 Å². The first kappa shape index (κ1) is 18.1. The van der Waals surface area contributed by atoms with Crippen LogP contribution in [0.2, 0.25) is 0 Å². The highest BCUT2D eigenvalue weighted by Gasteiger charge is 2.33. The van der Waals surface area contributed by atoms with Crippen LogP contribution in [0.5, 0.6) is 0 Å². The molecule has 1 heterocycles. The zero-order valence-corrected chi connectivity index (χ0v) is 15.2. The van der Waals surface area contributed by atoms with Crippen molar-refractivity contribution in [2.24, 2.45) is 5.92 Å². The van der Waals surface area contributed by atoms with Crippen molar-refractivity contribution in [3.05, 3.63) is 48.0 Å². The minimum Gasteiger partial charge on any atom is -0.464 e. The number of allylic oxidation sites excluding steroid dienone is 2. The molecule has 25 heavy (non-hydrogen) atoms. The molecule has 1 fully saturated rings. The number of hydrogen-bond acceptors (Lipinski definition) is 5. The summed E-state index contributed by atoms with van der Waals surface area (Å²) in [7, 11) is -2.99. The highest BCUT2D eigenvalue weighted by atomic mass is 32.2. The van der Waals surface area contributed by atoms with E-state index in [0.717, 1.165) is 24.8 Å². The van der Waals surface area contributed by atoms with Crippen LogP contribution in [0, 0.1) is 5.92 Å². The van der Waals surface area contributed by atoms with Crippen LogP contribution < -0.4 is 0 Å². The van der Waals surface area contributed by atoms with Crippen molar-refractivity contribution in [3.63, 3.8) is 0 Å². The molecule has 2 aliphatic rings. The number of sulfone groups is 1. The third kappa shape index (κ3) is 4.92. The van der Waals surface area contributed by atoms with E-state index in [-0.39, 0.29) is 17.5 Å². The van der Waals surface area contributed by atoms with E-state index in [0.29, 0.717) is 25.6 Å². The second-order valence-corrected chi connectivity index (χ2v) is 9.09. The fourth-order valence-electron chi connectivity index (χ4n) is 3.40. The third-order valence-electron chi connectivity index (χ3n) is 4.92. The standard InChI is InChI=1S/C19H25NO4S/c21-19(24-15-16-7-3-1-4-8-16)18(17-9-5-2-6-10-17)20-11-13-25(22,23)14-12-20/h1-3,5-6,9-10,16,18H,4,7-8,11-15H2. The van der Waals surface area contributed by atoms with Crippen molar-refractivity contribution in [2.75, 3.05) is 31.2 Å². The Bertz CT molecular complexity index is 700. The second-order valence-electron chi connectivity index (χ2n) is 6.78. The summed E-state index contributed by atoms with van der Waals surface area (Å²) in [5, 5.41) is 0. The molecule has 1 aromatic carbocycles. The fraction of sp³-hybridized carbons (Fsp3) is 0.526. The Labute approximate surface area is 149 Å². The Hall–Kier alpha value is -1.66. The summed E-state index contributed by atoms with van der Waals surface area (Å²) < 4.78 is 29.1. The molecule has 2 atom stereocenters. The summed E-state index contributed by atoms with van der Waals surface area (Å²) >= 11 is 0.